The molecule has 0 aliphatic rings. The molecule has 1 amide bonds. The fraction of sp³-hybridized carbons (Fsp3) is 0.696. The normalized spacial score (nSPS) is 13.0. The molecule has 1 N–H and O–H groups in total. The molecule has 1 aromatic heterocycles. The second kappa shape index (κ2) is 10.9. The molecule has 1 aromatic rings. The minimum Gasteiger partial charge on any atom is -0.711 e. The Morgan fingerprint density at radius 2 is 1.48 bits per heavy atom. The number of esters is 1. The van der Waals surface area contributed by atoms with E-state index < -0.39 is 36.0 Å². The predicted octanol–water partition coefficient (Wildman–Crippen LogP) is 3.36. The second-order valence-corrected chi connectivity index (χ2v) is 15.9. The lowest BCUT2D eigenvalue weighted by molar-refractivity contribution is -0.589. The number of nitrogens with one attached hydrogen (secondary N) is 1. The van der Waals surface area contributed by atoms with Gasteiger partial charge in [0.2, 0.25) is 0 Å². The van der Waals surface area contributed by atoms with E-state index in [0.29, 0.717) is 9.92 Å². The van der Waals surface area contributed by atoms with Gasteiger partial charge in [0.15, 0.2) is 0 Å². The van der Waals surface area contributed by atoms with Crippen molar-refractivity contribution in [3.63, 3.8) is 0 Å². The van der Waals surface area contributed by atoms with Gasteiger partial charge in [0.25, 0.3) is 14.2 Å². The Labute approximate surface area is 197 Å². The second-order valence-electron chi connectivity index (χ2n) is 11.0. The van der Waals surface area contributed by atoms with Crippen LogP contribution in [-0.2, 0) is 23.8 Å². The fourth-order valence-corrected chi connectivity index (χ4v) is 8.35. The van der Waals surface area contributed by atoms with Crippen LogP contribution >= 0.6 is 0 Å². The molecular formula is C23H39FN2O6Si. The molecule has 10 heteroatoms. The Morgan fingerprint density at radius 1 is 0.970 bits per heavy atom. The zero-order chi connectivity index (χ0) is 25.7. The summed E-state index contributed by atoms with van der Waals surface area (Å²) in [4.78, 5) is 23.6. The van der Waals surface area contributed by atoms with Gasteiger partial charge in [0.05, 0.1) is 19.4 Å². The number of amides is 1. The first kappa shape index (κ1) is 29.0. The maximum Gasteiger partial charge on any atom is 0.333 e. The SMILES string of the molecule is CC(C)(C)OC(=O)COCCOCC(=O)Nc1ccc([Si](F)(C(C)(C)C)C(C)(C)C)c[n+]1[O-]. The standard InChI is InChI=1S/C23H39FN2O6Si/c1-21(2,3)32-20(28)16-31-13-12-30-15-19(27)25-18-11-10-17(14-26(18)29)33(24,22(4,5)6)23(7,8)9/h10-11,14H,12-13,15-16H2,1-9H3,(H,25,27). The van der Waals surface area contributed by atoms with E-state index in [1.165, 1.54) is 12.3 Å². The highest BCUT2D eigenvalue weighted by Gasteiger charge is 2.57. The number of carbonyl (C=O) groups excluding carboxylic acids is 2. The van der Waals surface area contributed by atoms with Crippen LogP contribution in [0, 0.1) is 5.21 Å². The van der Waals surface area contributed by atoms with Gasteiger partial charge in [-0.25, -0.2) is 19.6 Å². The zero-order valence-corrected chi connectivity index (χ0v) is 22.3. The molecule has 0 bridgehead atoms. The Morgan fingerprint density at radius 3 is 1.94 bits per heavy atom. The number of hydrogen-bond donors (Lipinski definition) is 1. The van der Waals surface area contributed by atoms with Gasteiger partial charge in [-0.15, -0.1) is 0 Å². The molecular weight excluding hydrogens is 447 g/mol. The van der Waals surface area contributed by atoms with Crippen molar-refractivity contribution >= 4 is 31.3 Å². The van der Waals surface area contributed by atoms with Gasteiger partial charge in [0, 0.05) is 11.3 Å². The summed E-state index contributed by atoms with van der Waals surface area (Å²) >= 11 is 0. The molecule has 0 spiro atoms. The number of ether oxygens (including phenoxy) is 3. The van der Waals surface area contributed by atoms with E-state index in [4.69, 9.17) is 14.2 Å². The Balaban J connectivity index is 2.60. The molecule has 0 fully saturated rings. The highest BCUT2D eigenvalue weighted by Crippen LogP contribution is 2.51. The van der Waals surface area contributed by atoms with Gasteiger partial charge < -0.3 is 23.5 Å². The largest absolute Gasteiger partial charge is 0.711 e. The van der Waals surface area contributed by atoms with Gasteiger partial charge in [-0.05, 0) is 36.9 Å². The minimum atomic E-state index is -3.58. The summed E-state index contributed by atoms with van der Waals surface area (Å²) in [5.41, 5.74) is -0.584. The molecule has 0 unspecified atom stereocenters. The molecule has 0 radical (unpaired) electrons. The summed E-state index contributed by atoms with van der Waals surface area (Å²) < 4.78 is 32.3. The lowest BCUT2D eigenvalue weighted by Crippen LogP contribution is -2.59. The van der Waals surface area contributed by atoms with E-state index in [9.17, 15) is 14.8 Å². The van der Waals surface area contributed by atoms with Gasteiger partial charge >= 0.3 is 11.9 Å². The molecule has 188 valence electrons. The Hall–Kier alpha value is -2.04. The minimum absolute atomic E-state index is 0.00676. The topological polar surface area (TPSA) is 101 Å². The van der Waals surface area contributed by atoms with Crippen molar-refractivity contribution in [2.24, 2.45) is 0 Å². The predicted molar refractivity (Wildman–Crippen MR) is 127 cm³/mol. The van der Waals surface area contributed by atoms with E-state index >= 15 is 4.11 Å². The maximum atomic E-state index is 16.3. The molecule has 0 saturated heterocycles. The smallest absolute Gasteiger partial charge is 0.333 e. The highest BCUT2D eigenvalue weighted by molar-refractivity contribution is 6.90. The number of anilines is 1. The molecule has 8 nitrogen and oxygen atoms in total. The maximum absolute atomic E-state index is 16.3. The van der Waals surface area contributed by atoms with Crippen LogP contribution in [0.5, 0.6) is 0 Å². The molecule has 1 heterocycles. The molecule has 0 atom stereocenters. The van der Waals surface area contributed by atoms with E-state index in [-0.39, 0.29) is 32.2 Å². The fourth-order valence-electron chi connectivity index (χ4n) is 3.76. The highest BCUT2D eigenvalue weighted by atomic mass is 28.4. The number of nitrogens with zero attached hydrogens (tertiary/aromatic N) is 1. The Kier molecular flexibility index (Phi) is 9.59. The molecule has 33 heavy (non-hydrogen) atoms. The summed E-state index contributed by atoms with van der Waals surface area (Å²) in [7, 11) is -3.58. The summed E-state index contributed by atoms with van der Waals surface area (Å²) in [6, 6.07) is 3.00. The van der Waals surface area contributed by atoms with Crippen molar-refractivity contribution in [3.05, 3.63) is 23.5 Å². The van der Waals surface area contributed by atoms with Gasteiger partial charge in [-0.1, -0.05) is 41.5 Å². The van der Waals surface area contributed by atoms with Crippen molar-refractivity contribution in [1.82, 2.24) is 0 Å². The van der Waals surface area contributed by atoms with Gasteiger partial charge in [-0.2, -0.15) is 0 Å². The first-order valence-electron chi connectivity index (χ1n) is 11.0. The first-order valence-corrected chi connectivity index (χ1v) is 12.9. The van der Waals surface area contributed by atoms with Crippen LogP contribution in [0.4, 0.5) is 9.93 Å². The lowest BCUT2D eigenvalue weighted by Gasteiger charge is -2.44. The Bertz CT molecular complexity index is 814. The third kappa shape index (κ3) is 8.35. The van der Waals surface area contributed by atoms with Gasteiger partial charge in [0.1, 0.15) is 18.8 Å². The van der Waals surface area contributed by atoms with Crippen molar-refractivity contribution < 1.29 is 32.6 Å². The summed E-state index contributed by atoms with van der Waals surface area (Å²) in [6.07, 6.45) is 1.23. The summed E-state index contributed by atoms with van der Waals surface area (Å²) in [5, 5.41) is 14.1. The molecule has 0 aliphatic heterocycles. The van der Waals surface area contributed by atoms with Crippen LogP contribution in [0.2, 0.25) is 10.1 Å². The van der Waals surface area contributed by atoms with Crippen LogP contribution < -0.4 is 15.2 Å². The van der Waals surface area contributed by atoms with Crippen molar-refractivity contribution in [2.45, 2.75) is 78.0 Å². The first-order chi connectivity index (χ1) is 14.9. The van der Waals surface area contributed by atoms with E-state index in [1.54, 1.807) is 26.8 Å². The van der Waals surface area contributed by atoms with Crippen molar-refractivity contribution in [2.75, 3.05) is 31.7 Å². The van der Waals surface area contributed by atoms with Crippen LogP contribution in [0.15, 0.2) is 18.3 Å². The number of hydrogen-bond acceptors (Lipinski definition) is 6. The van der Waals surface area contributed by atoms with E-state index in [1.807, 2.05) is 41.5 Å². The number of aromatic nitrogens is 1. The summed E-state index contributed by atoms with van der Waals surface area (Å²) in [6.45, 7) is 16.1. The van der Waals surface area contributed by atoms with Crippen molar-refractivity contribution in [3.8, 4) is 0 Å². The number of rotatable bonds is 9. The summed E-state index contributed by atoms with van der Waals surface area (Å²) in [5.74, 6) is -1.02. The molecule has 0 aromatic carbocycles. The third-order valence-electron chi connectivity index (χ3n) is 4.89. The van der Waals surface area contributed by atoms with Crippen LogP contribution in [0.3, 0.4) is 0 Å². The average Bonchev–Trinajstić information content (AvgIpc) is 2.62. The number of pyridine rings is 1. The van der Waals surface area contributed by atoms with Crippen LogP contribution in [-0.4, -0.2) is 52.3 Å². The van der Waals surface area contributed by atoms with E-state index in [0.717, 1.165) is 0 Å². The molecule has 0 saturated carbocycles. The lowest BCUT2D eigenvalue weighted by atomic mass is 10.2. The molecule has 0 aliphatic carbocycles. The van der Waals surface area contributed by atoms with Crippen LogP contribution in [0.25, 0.3) is 0 Å². The van der Waals surface area contributed by atoms with Crippen molar-refractivity contribution in [1.29, 1.82) is 0 Å². The van der Waals surface area contributed by atoms with Gasteiger partial charge in [-0.3, -0.25) is 0 Å². The number of carbonyl (C=O) groups is 2. The monoisotopic (exact) mass is 486 g/mol. The van der Waals surface area contributed by atoms with Crippen LogP contribution in [0.1, 0.15) is 62.3 Å². The quantitative estimate of drug-likeness (QED) is 0.143. The average molecular weight is 487 g/mol. The number of halogens is 1. The molecule has 1 rings (SSSR count). The van der Waals surface area contributed by atoms with E-state index in [2.05, 4.69) is 5.32 Å². The zero-order valence-electron chi connectivity index (χ0n) is 21.3. The third-order valence-corrected chi connectivity index (χ3v) is 10.1.